The van der Waals surface area contributed by atoms with Gasteiger partial charge < -0.3 is 15.0 Å². The van der Waals surface area contributed by atoms with Gasteiger partial charge >= 0.3 is 0 Å². The van der Waals surface area contributed by atoms with Crippen molar-refractivity contribution in [1.82, 2.24) is 15.1 Å². The molecule has 34 heavy (non-hydrogen) atoms. The van der Waals surface area contributed by atoms with E-state index >= 15 is 0 Å². The first-order valence-corrected chi connectivity index (χ1v) is 12.6. The molecule has 0 radical (unpaired) electrons. The molecule has 1 aliphatic heterocycles. The number of carbonyl (C=O) groups is 2. The van der Waals surface area contributed by atoms with E-state index in [4.69, 9.17) is 4.74 Å². The summed E-state index contributed by atoms with van der Waals surface area (Å²) < 4.78 is 5.64. The Bertz CT molecular complexity index is 935. The molecular weight excluding hydrogens is 426 g/mol. The summed E-state index contributed by atoms with van der Waals surface area (Å²) in [6.45, 7) is 5.90. The van der Waals surface area contributed by atoms with Gasteiger partial charge in [0.1, 0.15) is 6.61 Å². The predicted molar refractivity (Wildman–Crippen MR) is 133 cm³/mol. The molecule has 1 atom stereocenters. The highest BCUT2D eigenvalue weighted by Gasteiger charge is 2.37. The van der Waals surface area contributed by atoms with Crippen LogP contribution in [0.3, 0.4) is 0 Å². The van der Waals surface area contributed by atoms with Crippen molar-refractivity contribution in [3.05, 3.63) is 71.3 Å². The van der Waals surface area contributed by atoms with Crippen LogP contribution in [0.4, 0.5) is 0 Å². The zero-order valence-electron chi connectivity index (χ0n) is 20.2. The molecule has 2 aliphatic rings. The monoisotopic (exact) mass is 463 g/mol. The van der Waals surface area contributed by atoms with E-state index in [2.05, 4.69) is 35.3 Å². The molecule has 1 saturated carbocycles. The summed E-state index contributed by atoms with van der Waals surface area (Å²) in [5.74, 6) is 0.547. The second-order valence-corrected chi connectivity index (χ2v) is 9.59. The van der Waals surface area contributed by atoms with Crippen molar-refractivity contribution in [2.75, 3.05) is 32.8 Å². The van der Waals surface area contributed by atoms with Crippen LogP contribution >= 0.6 is 0 Å². The van der Waals surface area contributed by atoms with Gasteiger partial charge in [0, 0.05) is 32.7 Å². The third-order valence-electron chi connectivity index (χ3n) is 7.06. The first-order valence-electron chi connectivity index (χ1n) is 12.6. The maximum Gasteiger partial charge on any atom is 0.248 e. The van der Waals surface area contributed by atoms with E-state index in [9.17, 15) is 9.59 Å². The number of nitrogens with one attached hydrogen (secondary N) is 1. The van der Waals surface area contributed by atoms with E-state index in [0.717, 1.165) is 37.1 Å². The predicted octanol–water partition coefficient (Wildman–Crippen LogP) is 3.53. The molecule has 0 aromatic heterocycles. The number of ether oxygens (including phenoxy) is 1. The molecule has 6 nitrogen and oxygen atoms in total. The van der Waals surface area contributed by atoms with Gasteiger partial charge in [0.25, 0.3) is 0 Å². The lowest BCUT2D eigenvalue weighted by molar-refractivity contribution is -0.139. The fraction of sp³-hybridized carbons (Fsp3) is 0.500. The summed E-state index contributed by atoms with van der Waals surface area (Å²) >= 11 is 0. The Morgan fingerprint density at radius 1 is 0.971 bits per heavy atom. The maximum atomic E-state index is 13.3. The third-order valence-corrected chi connectivity index (χ3v) is 7.06. The molecule has 1 N–H and O–H groups in total. The Hall–Kier alpha value is -2.70. The van der Waals surface area contributed by atoms with Crippen LogP contribution in [0.5, 0.6) is 0 Å². The van der Waals surface area contributed by atoms with Gasteiger partial charge in [-0.1, -0.05) is 73.0 Å². The number of amides is 2. The number of carbonyl (C=O) groups excluding carboxylic acids is 2. The van der Waals surface area contributed by atoms with Gasteiger partial charge in [0.05, 0.1) is 12.6 Å². The van der Waals surface area contributed by atoms with Crippen molar-refractivity contribution < 1.29 is 14.3 Å². The molecule has 1 heterocycles. The number of piperazine rings is 1. The van der Waals surface area contributed by atoms with E-state index in [1.165, 1.54) is 18.4 Å². The average Bonchev–Trinajstić information content (AvgIpc) is 3.38. The van der Waals surface area contributed by atoms with Crippen LogP contribution < -0.4 is 5.32 Å². The largest absolute Gasteiger partial charge is 0.367 e. The molecule has 2 aromatic carbocycles. The summed E-state index contributed by atoms with van der Waals surface area (Å²) in [4.78, 5) is 30.1. The highest BCUT2D eigenvalue weighted by atomic mass is 16.5. The van der Waals surface area contributed by atoms with Crippen molar-refractivity contribution in [3.8, 4) is 0 Å². The van der Waals surface area contributed by atoms with Gasteiger partial charge in [-0.15, -0.1) is 0 Å². The van der Waals surface area contributed by atoms with E-state index in [0.29, 0.717) is 32.2 Å². The number of aryl methyl sites for hydroxylation is 1. The minimum atomic E-state index is -0.112. The summed E-state index contributed by atoms with van der Waals surface area (Å²) in [7, 11) is 0. The van der Waals surface area contributed by atoms with Gasteiger partial charge in [-0.05, 0) is 36.8 Å². The lowest BCUT2D eigenvalue weighted by Crippen LogP contribution is -2.58. The lowest BCUT2D eigenvalue weighted by Gasteiger charge is -2.40. The minimum Gasteiger partial charge on any atom is -0.367 e. The first kappa shape index (κ1) is 24.4. The molecule has 2 fully saturated rings. The molecule has 0 unspecified atom stereocenters. The van der Waals surface area contributed by atoms with Gasteiger partial charge in [-0.25, -0.2) is 0 Å². The average molecular weight is 464 g/mol. The number of nitrogens with zero attached hydrogens (tertiary/aromatic N) is 2. The van der Waals surface area contributed by atoms with Crippen LogP contribution in [0, 0.1) is 12.8 Å². The van der Waals surface area contributed by atoms with Crippen LogP contribution in [-0.4, -0.2) is 60.4 Å². The van der Waals surface area contributed by atoms with Crippen LogP contribution in [0.15, 0.2) is 54.6 Å². The molecule has 1 saturated heterocycles. The van der Waals surface area contributed by atoms with Gasteiger partial charge in [-0.3, -0.25) is 14.5 Å². The molecule has 182 valence electrons. The Morgan fingerprint density at radius 2 is 1.68 bits per heavy atom. The molecule has 0 spiro atoms. The highest BCUT2D eigenvalue weighted by molar-refractivity contribution is 5.82. The molecular formula is C28H37N3O3. The third kappa shape index (κ3) is 6.67. The quantitative estimate of drug-likeness (QED) is 0.618. The summed E-state index contributed by atoms with van der Waals surface area (Å²) in [6, 6.07) is 18.1. The fourth-order valence-corrected chi connectivity index (χ4v) is 5.24. The van der Waals surface area contributed by atoms with E-state index < -0.39 is 0 Å². The molecule has 0 bridgehead atoms. The zero-order chi connectivity index (χ0) is 23.8. The second kappa shape index (κ2) is 12.1. The molecule has 2 aromatic rings. The van der Waals surface area contributed by atoms with Crippen LogP contribution in [-0.2, 0) is 27.5 Å². The SMILES string of the molecule is Cc1cccc(CNC(=O)[C@@H](C2CCCC2)N2CCN(C(=O)COCc3ccccc3)CC2)c1. The van der Waals surface area contributed by atoms with Gasteiger partial charge in [-0.2, -0.15) is 0 Å². The Kier molecular flexibility index (Phi) is 8.72. The van der Waals surface area contributed by atoms with Crippen LogP contribution in [0.1, 0.15) is 42.4 Å². The van der Waals surface area contributed by atoms with Crippen molar-refractivity contribution in [2.24, 2.45) is 5.92 Å². The van der Waals surface area contributed by atoms with E-state index in [1.54, 1.807) is 0 Å². The molecule has 6 heteroatoms. The van der Waals surface area contributed by atoms with Crippen LogP contribution in [0.25, 0.3) is 0 Å². The number of rotatable bonds is 9. The number of hydrogen-bond donors (Lipinski definition) is 1. The lowest BCUT2D eigenvalue weighted by atomic mass is 9.95. The minimum absolute atomic E-state index is 0.0249. The topological polar surface area (TPSA) is 61.9 Å². The molecule has 4 rings (SSSR count). The van der Waals surface area contributed by atoms with Crippen molar-refractivity contribution in [3.63, 3.8) is 0 Å². The van der Waals surface area contributed by atoms with Crippen molar-refractivity contribution in [1.29, 1.82) is 0 Å². The second-order valence-electron chi connectivity index (χ2n) is 9.59. The smallest absolute Gasteiger partial charge is 0.248 e. The van der Waals surface area contributed by atoms with Gasteiger partial charge in [0.2, 0.25) is 11.8 Å². The fourth-order valence-electron chi connectivity index (χ4n) is 5.24. The molecule has 1 aliphatic carbocycles. The van der Waals surface area contributed by atoms with Crippen LogP contribution in [0.2, 0.25) is 0 Å². The van der Waals surface area contributed by atoms with Crippen molar-refractivity contribution in [2.45, 2.75) is 51.8 Å². The first-order chi connectivity index (χ1) is 16.6. The van der Waals surface area contributed by atoms with E-state index in [1.807, 2.05) is 41.3 Å². The standard InChI is InChI=1S/C28H37N3O3/c1-22-8-7-11-24(18-22)19-29-28(33)27(25-12-5-6-13-25)31-16-14-30(15-17-31)26(32)21-34-20-23-9-3-2-4-10-23/h2-4,7-11,18,25,27H,5-6,12-17,19-21H2,1H3,(H,29,33)/t27-/m1/s1. The summed E-state index contributed by atoms with van der Waals surface area (Å²) in [5, 5.41) is 3.20. The summed E-state index contributed by atoms with van der Waals surface area (Å²) in [5.41, 5.74) is 3.40. The van der Waals surface area contributed by atoms with Gasteiger partial charge in [0.15, 0.2) is 0 Å². The normalized spacial score (nSPS) is 18.1. The zero-order valence-corrected chi connectivity index (χ0v) is 20.2. The summed E-state index contributed by atoms with van der Waals surface area (Å²) in [6.07, 6.45) is 4.61. The number of hydrogen-bond acceptors (Lipinski definition) is 4. The van der Waals surface area contributed by atoms with E-state index in [-0.39, 0.29) is 24.5 Å². The number of benzene rings is 2. The molecule has 2 amide bonds. The Labute approximate surface area is 203 Å². The maximum absolute atomic E-state index is 13.3. The Morgan fingerprint density at radius 3 is 2.38 bits per heavy atom. The highest BCUT2D eigenvalue weighted by Crippen LogP contribution is 2.31. The van der Waals surface area contributed by atoms with Crippen molar-refractivity contribution >= 4 is 11.8 Å². The Balaban J connectivity index is 1.28.